The van der Waals surface area contributed by atoms with Crippen LogP contribution >= 0.6 is 23.2 Å². The summed E-state index contributed by atoms with van der Waals surface area (Å²) in [6, 6.07) is 8.89. The number of benzene rings is 1. The number of aliphatic hydroxyl groups excluding tert-OH is 1. The van der Waals surface area contributed by atoms with Crippen molar-refractivity contribution in [1.82, 2.24) is 9.88 Å². The molecule has 0 aliphatic rings. The molecule has 0 spiro atoms. The van der Waals surface area contributed by atoms with Crippen molar-refractivity contribution in [3.8, 4) is 0 Å². The monoisotopic (exact) mass is 312 g/mol. The molecular formula is C14H14Cl2N2O2. The van der Waals surface area contributed by atoms with E-state index in [1.807, 2.05) is 24.3 Å². The van der Waals surface area contributed by atoms with Crippen LogP contribution in [0.5, 0.6) is 0 Å². The zero-order chi connectivity index (χ0) is 14.7. The molecule has 1 heterocycles. The number of aliphatic hydroxyl groups is 1. The summed E-state index contributed by atoms with van der Waals surface area (Å²) in [6.45, 7) is 0.401. The van der Waals surface area contributed by atoms with Gasteiger partial charge in [-0.1, -0.05) is 47.5 Å². The molecule has 1 amide bonds. The Balaban J connectivity index is 2.02. The number of amides is 1. The number of aromatic nitrogens is 1. The topological polar surface area (TPSA) is 54.3 Å². The average Bonchev–Trinajstić information content (AvgIpc) is 2.73. The van der Waals surface area contributed by atoms with Crippen molar-refractivity contribution in [2.75, 3.05) is 0 Å². The lowest BCUT2D eigenvalue weighted by molar-refractivity contribution is 0.0943. The van der Waals surface area contributed by atoms with Gasteiger partial charge in [0.05, 0.1) is 11.6 Å². The first-order valence-corrected chi connectivity index (χ1v) is 6.76. The smallest absolute Gasteiger partial charge is 0.268 e. The minimum Gasteiger partial charge on any atom is -0.392 e. The van der Waals surface area contributed by atoms with Crippen LogP contribution in [0.3, 0.4) is 0 Å². The van der Waals surface area contributed by atoms with E-state index in [4.69, 9.17) is 28.3 Å². The molecule has 2 aromatic rings. The molecule has 1 aromatic carbocycles. The lowest BCUT2D eigenvalue weighted by atomic mass is 10.1. The van der Waals surface area contributed by atoms with Gasteiger partial charge in [-0.2, -0.15) is 0 Å². The predicted octanol–water partition coefficient (Wildman–Crippen LogP) is 2.75. The quantitative estimate of drug-likeness (QED) is 0.912. The summed E-state index contributed by atoms with van der Waals surface area (Å²) >= 11 is 11.8. The molecule has 0 atom stereocenters. The molecule has 2 N–H and O–H groups in total. The molecule has 0 unspecified atom stereocenters. The van der Waals surface area contributed by atoms with Crippen LogP contribution in [-0.2, 0) is 20.2 Å². The fraction of sp³-hybridized carbons (Fsp3) is 0.214. The van der Waals surface area contributed by atoms with E-state index in [2.05, 4.69) is 5.32 Å². The minimum atomic E-state index is -0.243. The Bertz CT molecular complexity index is 621. The molecule has 1 aromatic heterocycles. The van der Waals surface area contributed by atoms with Crippen LogP contribution < -0.4 is 5.32 Å². The summed E-state index contributed by atoms with van der Waals surface area (Å²) < 4.78 is 1.54. The second kappa shape index (κ2) is 6.31. The number of carbonyl (C=O) groups is 1. The van der Waals surface area contributed by atoms with E-state index in [0.717, 1.165) is 11.1 Å². The standard InChI is InChI=1S/C14H14Cl2N2O2/c1-18-12(6-11(15)13(18)16)14(20)17-7-9-2-4-10(8-19)5-3-9/h2-6,19H,7-8H2,1H3,(H,17,20). The molecular weight excluding hydrogens is 299 g/mol. The fourth-order valence-corrected chi connectivity index (χ4v) is 2.17. The van der Waals surface area contributed by atoms with Gasteiger partial charge in [-0.3, -0.25) is 4.79 Å². The first-order valence-electron chi connectivity index (χ1n) is 6.00. The highest BCUT2D eigenvalue weighted by atomic mass is 35.5. The largest absolute Gasteiger partial charge is 0.392 e. The van der Waals surface area contributed by atoms with Crippen molar-refractivity contribution in [2.24, 2.45) is 7.05 Å². The van der Waals surface area contributed by atoms with Gasteiger partial charge in [-0.25, -0.2) is 0 Å². The summed E-state index contributed by atoms with van der Waals surface area (Å²) in [4.78, 5) is 12.0. The molecule has 2 rings (SSSR count). The predicted molar refractivity (Wildman–Crippen MR) is 79.0 cm³/mol. The SMILES string of the molecule is Cn1c(C(=O)NCc2ccc(CO)cc2)cc(Cl)c1Cl. The summed E-state index contributed by atoms with van der Waals surface area (Å²) in [6.07, 6.45) is 0. The maximum absolute atomic E-state index is 12.0. The van der Waals surface area contributed by atoms with Crippen LogP contribution in [0.15, 0.2) is 30.3 Å². The molecule has 4 nitrogen and oxygen atoms in total. The van der Waals surface area contributed by atoms with Gasteiger partial charge in [-0.05, 0) is 17.2 Å². The van der Waals surface area contributed by atoms with Gasteiger partial charge in [0.25, 0.3) is 5.91 Å². The van der Waals surface area contributed by atoms with Crippen molar-refractivity contribution in [1.29, 1.82) is 0 Å². The number of halogens is 2. The number of hydrogen-bond acceptors (Lipinski definition) is 2. The average molecular weight is 313 g/mol. The van der Waals surface area contributed by atoms with Gasteiger partial charge in [0.2, 0.25) is 0 Å². The van der Waals surface area contributed by atoms with Crippen LogP contribution in [0.2, 0.25) is 10.2 Å². The Morgan fingerprint density at radius 2 is 1.85 bits per heavy atom. The van der Waals surface area contributed by atoms with Crippen molar-refractivity contribution in [2.45, 2.75) is 13.2 Å². The highest BCUT2D eigenvalue weighted by molar-refractivity contribution is 6.41. The number of rotatable bonds is 4. The Morgan fingerprint density at radius 1 is 1.25 bits per heavy atom. The number of nitrogens with one attached hydrogen (secondary N) is 1. The van der Waals surface area contributed by atoms with Gasteiger partial charge < -0.3 is 15.0 Å². The first kappa shape index (κ1) is 14.9. The maximum Gasteiger partial charge on any atom is 0.268 e. The van der Waals surface area contributed by atoms with Crippen molar-refractivity contribution < 1.29 is 9.90 Å². The molecule has 0 radical (unpaired) electrons. The van der Waals surface area contributed by atoms with Crippen LogP contribution in [0.25, 0.3) is 0 Å². The van der Waals surface area contributed by atoms with Crippen LogP contribution in [0, 0.1) is 0 Å². The molecule has 0 fully saturated rings. The molecule has 6 heteroatoms. The summed E-state index contributed by atoms with van der Waals surface area (Å²) in [5.74, 6) is -0.243. The number of hydrogen-bond donors (Lipinski definition) is 2. The number of carbonyl (C=O) groups excluding carboxylic acids is 1. The van der Waals surface area contributed by atoms with Crippen molar-refractivity contribution in [3.05, 3.63) is 57.3 Å². The zero-order valence-corrected chi connectivity index (χ0v) is 12.4. The van der Waals surface area contributed by atoms with E-state index >= 15 is 0 Å². The van der Waals surface area contributed by atoms with E-state index < -0.39 is 0 Å². The maximum atomic E-state index is 12.0. The van der Waals surface area contributed by atoms with E-state index in [-0.39, 0.29) is 12.5 Å². The zero-order valence-electron chi connectivity index (χ0n) is 10.9. The summed E-state index contributed by atoms with van der Waals surface area (Å²) in [5.41, 5.74) is 2.19. The molecule has 106 valence electrons. The van der Waals surface area contributed by atoms with Gasteiger partial charge in [-0.15, -0.1) is 0 Å². The van der Waals surface area contributed by atoms with Crippen molar-refractivity contribution >= 4 is 29.1 Å². The summed E-state index contributed by atoms with van der Waals surface area (Å²) in [5, 5.41) is 12.4. The van der Waals surface area contributed by atoms with E-state index in [1.54, 1.807) is 7.05 Å². The second-order valence-electron chi connectivity index (χ2n) is 4.38. The summed E-state index contributed by atoms with van der Waals surface area (Å²) in [7, 11) is 1.68. The third-order valence-corrected chi connectivity index (χ3v) is 3.85. The van der Waals surface area contributed by atoms with Crippen molar-refractivity contribution in [3.63, 3.8) is 0 Å². The molecule has 0 saturated carbocycles. The molecule has 0 aliphatic carbocycles. The second-order valence-corrected chi connectivity index (χ2v) is 5.15. The van der Waals surface area contributed by atoms with Gasteiger partial charge in [0, 0.05) is 13.6 Å². The highest BCUT2D eigenvalue weighted by Crippen LogP contribution is 2.25. The first-order chi connectivity index (χ1) is 9.52. The Labute approximate surface area is 126 Å². The Morgan fingerprint density at radius 3 is 2.35 bits per heavy atom. The van der Waals surface area contributed by atoms with Crippen LogP contribution in [-0.4, -0.2) is 15.6 Å². The lowest BCUT2D eigenvalue weighted by Gasteiger charge is -2.07. The third-order valence-electron chi connectivity index (χ3n) is 3.01. The van der Waals surface area contributed by atoms with Gasteiger partial charge >= 0.3 is 0 Å². The highest BCUT2D eigenvalue weighted by Gasteiger charge is 2.15. The minimum absolute atomic E-state index is 0.00693. The fourth-order valence-electron chi connectivity index (χ4n) is 1.80. The van der Waals surface area contributed by atoms with Crippen LogP contribution in [0.4, 0.5) is 0 Å². The van der Waals surface area contributed by atoms with E-state index in [9.17, 15) is 4.79 Å². The van der Waals surface area contributed by atoms with Crippen LogP contribution in [0.1, 0.15) is 21.6 Å². The molecule has 0 saturated heterocycles. The lowest BCUT2D eigenvalue weighted by Crippen LogP contribution is -2.24. The molecule has 20 heavy (non-hydrogen) atoms. The van der Waals surface area contributed by atoms with Gasteiger partial charge in [0.15, 0.2) is 0 Å². The third kappa shape index (κ3) is 3.15. The van der Waals surface area contributed by atoms with E-state index in [1.165, 1.54) is 10.6 Å². The normalized spacial score (nSPS) is 10.6. The Hall–Kier alpha value is -1.49. The van der Waals surface area contributed by atoms with Gasteiger partial charge in [0.1, 0.15) is 10.8 Å². The molecule has 0 aliphatic heterocycles. The van der Waals surface area contributed by atoms with E-state index in [0.29, 0.717) is 22.4 Å². The Kier molecular flexibility index (Phi) is 4.70. The molecule has 0 bridgehead atoms. The number of nitrogens with zero attached hydrogens (tertiary/aromatic N) is 1.